The van der Waals surface area contributed by atoms with Crippen LogP contribution in [0.5, 0.6) is 0 Å². The van der Waals surface area contributed by atoms with E-state index < -0.39 is 18.6 Å². The Kier molecular flexibility index (Phi) is 4.96. The van der Waals surface area contributed by atoms with Crippen LogP contribution in [0, 0.1) is 5.92 Å². The number of fused-ring (bicyclic) bond motifs is 1. The number of thiophene rings is 1. The van der Waals surface area contributed by atoms with E-state index in [1.165, 1.54) is 22.6 Å². The van der Waals surface area contributed by atoms with Crippen LogP contribution in [0.25, 0.3) is 10.2 Å². The third-order valence-electron chi connectivity index (χ3n) is 5.20. The van der Waals surface area contributed by atoms with Crippen molar-refractivity contribution >= 4 is 33.3 Å². The summed E-state index contributed by atoms with van der Waals surface area (Å²) in [4.78, 5) is 26.0. The van der Waals surface area contributed by atoms with Crippen LogP contribution in [0.1, 0.15) is 32.1 Å². The molecule has 3 heterocycles. The van der Waals surface area contributed by atoms with Gasteiger partial charge in [0.15, 0.2) is 0 Å². The standard InChI is InChI=1S/C18H21F3N4OS/c19-18(20,21)6-8-24(10-12-3-4-12)17(26)14-2-1-7-25(14)15-13-5-9-27-16(13)23-11-22-15/h5,9,11-12,14H,1-4,6-8,10H2. The van der Waals surface area contributed by atoms with Crippen molar-refractivity contribution in [2.24, 2.45) is 5.92 Å². The minimum absolute atomic E-state index is 0.203. The third kappa shape index (κ3) is 4.17. The average Bonchev–Trinajstić information content (AvgIpc) is 3.10. The zero-order valence-electron chi connectivity index (χ0n) is 14.8. The molecule has 1 saturated heterocycles. The van der Waals surface area contributed by atoms with Crippen LogP contribution < -0.4 is 4.90 Å². The minimum Gasteiger partial charge on any atom is -0.344 e. The quantitative estimate of drug-likeness (QED) is 0.742. The highest BCUT2D eigenvalue weighted by Gasteiger charge is 2.38. The van der Waals surface area contributed by atoms with Gasteiger partial charge in [-0.3, -0.25) is 4.79 Å². The van der Waals surface area contributed by atoms with E-state index >= 15 is 0 Å². The van der Waals surface area contributed by atoms with Gasteiger partial charge in [-0.25, -0.2) is 9.97 Å². The third-order valence-corrected chi connectivity index (χ3v) is 6.02. The van der Waals surface area contributed by atoms with Gasteiger partial charge >= 0.3 is 6.18 Å². The Bertz CT molecular complexity index is 820. The number of alkyl halides is 3. The van der Waals surface area contributed by atoms with Gasteiger partial charge in [0, 0.05) is 19.6 Å². The fourth-order valence-electron chi connectivity index (χ4n) is 3.66. The Balaban J connectivity index is 1.55. The first-order chi connectivity index (χ1) is 12.9. The van der Waals surface area contributed by atoms with E-state index in [-0.39, 0.29) is 12.5 Å². The van der Waals surface area contributed by atoms with Crippen molar-refractivity contribution in [2.75, 3.05) is 24.5 Å². The molecule has 2 aliphatic rings. The molecule has 27 heavy (non-hydrogen) atoms. The Labute approximate surface area is 159 Å². The first kappa shape index (κ1) is 18.5. The summed E-state index contributed by atoms with van der Waals surface area (Å²) in [6.45, 7) is 0.840. The largest absolute Gasteiger partial charge is 0.390 e. The molecular formula is C18H21F3N4OS. The summed E-state index contributed by atoms with van der Waals surface area (Å²) >= 11 is 1.51. The van der Waals surface area contributed by atoms with Gasteiger partial charge in [0.1, 0.15) is 23.0 Å². The summed E-state index contributed by atoms with van der Waals surface area (Å²) in [7, 11) is 0. The van der Waals surface area contributed by atoms with Gasteiger partial charge in [0.2, 0.25) is 5.91 Å². The summed E-state index contributed by atoms with van der Waals surface area (Å²) in [5.41, 5.74) is 0. The molecule has 0 aromatic carbocycles. The molecular weight excluding hydrogens is 377 g/mol. The van der Waals surface area contributed by atoms with E-state index in [2.05, 4.69) is 9.97 Å². The first-order valence-electron chi connectivity index (χ1n) is 9.23. The fraction of sp³-hybridized carbons (Fsp3) is 0.611. The van der Waals surface area contributed by atoms with Gasteiger partial charge in [-0.05, 0) is 43.0 Å². The van der Waals surface area contributed by atoms with Crippen LogP contribution in [-0.4, -0.2) is 52.6 Å². The fourth-order valence-corrected chi connectivity index (χ4v) is 4.39. The Hall–Kier alpha value is -1.90. The summed E-state index contributed by atoms with van der Waals surface area (Å²) in [6.07, 6.45) is -0.283. The maximum absolute atomic E-state index is 13.2. The molecule has 0 spiro atoms. The van der Waals surface area contributed by atoms with E-state index in [4.69, 9.17) is 0 Å². The number of halogens is 3. The topological polar surface area (TPSA) is 49.3 Å². The maximum Gasteiger partial charge on any atom is 0.390 e. The van der Waals surface area contributed by atoms with Crippen LogP contribution in [0.2, 0.25) is 0 Å². The molecule has 9 heteroatoms. The molecule has 1 atom stereocenters. The summed E-state index contributed by atoms with van der Waals surface area (Å²) in [6, 6.07) is 1.48. The van der Waals surface area contributed by atoms with Gasteiger partial charge in [0.25, 0.3) is 0 Å². The highest BCUT2D eigenvalue weighted by atomic mass is 32.1. The van der Waals surface area contributed by atoms with Crippen LogP contribution in [0.3, 0.4) is 0 Å². The zero-order chi connectivity index (χ0) is 19.0. The molecule has 0 radical (unpaired) electrons. The molecule has 0 bridgehead atoms. The number of amides is 1. The highest BCUT2D eigenvalue weighted by molar-refractivity contribution is 7.16. The van der Waals surface area contributed by atoms with Crippen LogP contribution in [0.15, 0.2) is 17.8 Å². The lowest BCUT2D eigenvalue weighted by atomic mass is 10.1. The van der Waals surface area contributed by atoms with Gasteiger partial charge in [-0.15, -0.1) is 11.3 Å². The molecule has 1 aliphatic carbocycles. The van der Waals surface area contributed by atoms with E-state index in [1.54, 1.807) is 0 Å². The van der Waals surface area contributed by atoms with Crippen molar-refractivity contribution in [1.29, 1.82) is 0 Å². The first-order valence-corrected chi connectivity index (χ1v) is 10.1. The summed E-state index contributed by atoms with van der Waals surface area (Å²) < 4.78 is 38.2. The molecule has 1 amide bonds. The van der Waals surface area contributed by atoms with Crippen molar-refractivity contribution < 1.29 is 18.0 Å². The van der Waals surface area contributed by atoms with Crippen molar-refractivity contribution in [3.63, 3.8) is 0 Å². The van der Waals surface area contributed by atoms with Crippen molar-refractivity contribution in [2.45, 2.75) is 44.3 Å². The number of anilines is 1. The second-order valence-corrected chi connectivity index (χ2v) is 8.18. The molecule has 0 N–H and O–H groups in total. The predicted molar refractivity (Wildman–Crippen MR) is 97.8 cm³/mol. The molecule has 5 nitrogen and oxygen atoms in total. The van der Waals surface area contributed by atoms with Gasteiger partial charge in [0.05, 0.1) is 11.8 Å². The average molecular weight is 398 g/mol. The zero-order valence-corrected chi connectivity index (χ0v) is 15.6. The minimum atomic E-state index is -4.26. The lowest BCUT2D eigenvalue weighted by Gasteiger charge is -2.31. The molecule has 1 unspecified atom stereocenters. The molecule has 1 saturated carbocycles. The van der Waals surface area contributed by atoms with Crippen LogP contribution in [-0.2, 0) is 4.79 Å². The number of hydrogen-bond donors (Lipinski definition) is 0. The number of nitrogens with zero attached hydrogens (tertiary/aromatic N) is 4. The second kappa shape index (κ2) is 7.26. The van der Waals surface area contributed by atoms with E-state index in [9.17, 15) is 18.0 Å². The normalized spacial score (nSPS) is 20.4. The molecule has 2 aromatic heterocycles. The molecule has 1 aliphatic heterocycles. The monoisotopic (exact) mass is 398 g/mol. The molecule has 4 rings (SSSR count). The smallest absolute Gasteiger partial charge is 0.344 e. The predicted octanol–water partition coefficient (Wildman–Crippen LogP) is 3.85. The Morgan fingerprint density at radius 2 is 2.11 bits per heavy atom. The van der Waals surface area contributed by atoms with Gasteiger partial charge < -0.3 is 9.80 Å². The Morgan fingerprint density at radius 3 is 2.85 bits per heavy atom. The maximum atomic E-state index is 13.2. The Morgan fingerprint density at radius 1 is 1.30 bits per heavy atom. The summed E-state index contributed by atoms with van der Waals surface area (Å²) in [5, 5.41) is 2.82. The highest BCUT2D eigenvalue weighted by Crippen LogP contribution is 2.34. The van der Waals surface area contributed by atoms with Gasteiger partial charge in [-0.1, -0.05) is 0 Å². The van der Waals surface area contributed by atoms with Crippen LogP contribution >= 0.6 is 11.3 Å². The van der Waals surface area contributed by atoms with Crippen LogP contribution in [0.4, 0.5) is 19.0 Å². The summed E-state index contributed by atoms with van der Waals surface area (Å²) in [5.74, 6) is 0.851. The molecule has 2 aromatic rings. The van der Waals surface area contributed by atoms with Gasteiger partial charge in [-0.2, -0.15) is 13.2 Å². The SMILES string of the molecule is O=C(C1CCCN1c1ncnc2sccc12)N(CCC(F)(F)F)CC1CC1. The second-order valence-electron chi connectivity index (χ2n) is 7.28. The number of carbonyl (C=O) groups is 1. The molecule has 2 fully saturated rings. The van der Waals surface area contributed by atoms with Crippen molar-refractivity contribution in [3.8, 4) is 0 Å². The lowest BCUT2D eigenvalue weighted by Crippen LogP contribution is -2.47. The number of aromatic nitrogens is 2. The van der Waals surface area contributed by atoms with E-state index in [0.717, 1.165) is 29.5 Å². The number of carbonyl (C=O) groups excluding carboxylic acids is 1. The number of rotatable bonds is 6. The van der Waals surface area contributed by atoms with Crippen molar-refractivity contribution in [1.82, 2.24) is 14.9 Å². The van der Waals surface area contributed by atoms with E-state index in [0.29, 0.717) is 31.2 Å². The number of hydrogen-bond acceptors (Lipinski definition) is 5. The van der Waals surface area contributed by atoms with Crippen molar-refractivity contribution in [3.05, 3.63) is 17.8 Å². The van der Waals surface area contributed by atoms with E-state index in [1.807, 2.05) is 16.3 Å². The lowest BCUT2D eigenvalue weighted by molar-refractivity contribution is -0.146. The molecule has 146 valence electrons.